The molecule has 30 heavy (non-hydrogen) atoms. The molecular formula is C11H18N5O11P3. The van der Waals surface area contributed by atoms with E-state index in [0.717, 1.165) is 4.86 Å². The molecule has 19 heteroatoms. The average Bonchev–Trinajstić information content (AvgIpc) is 3.14. The van der Waals surface area contributed by atoms with E-state index in [1.54, 1.807) is 6.07 Å². The molecule has 0 aliphatic carbocycles. The number of aromatic nitrogens is 3. The maximum atomic E-state index is 11.9. The van der Waals surface area contributed by atoms with E-state index in [4.69, 9.17) is 20.3 Å². The van der Waals surface area contributed by atoms with Gasteiger partial charge in [-0.15, -0.1) is 4.86 Å². The molecule has 0 aromatic carbocycles. The Kier molecular flexibility index (Phi) is 6.52. The van der Waals surface area contributed by atoms with Crippen LogP contribution in [0.2, 0.25) is 0 Å². The summed E-state index contributed by atoms with van der Waals surface area (Å²) in [5, 5.41) is 10.2. The van der Waals surface area contributed by atoms with Crippen LogP contribution in [0.5, 0.6) is 0 Å². The van der Waals surface area contributed by atoms with Crippen LogP contribution in [-0.4, -0.2) is 58.0 Å². The lowest BCUT2D eigenvalue weighted by atomic mass is 10.2. The molecule has 2 unspecified atom stereocenters. The molecule has 168 valence electrons. The number of imidazole rings is 1. The van der Waals surface area contributed by atoms with Gasteiger partial charge in [0, 0.05) is 12.6 Å². The Morgan fingerprint density at radius 3 is 2.60 bits per heavy atom. The fourth-order valence-corrected chi connectivity index (χ4v) is 6.21. The second-order valence-electron chi connectivity index (χ2n) is 6.17. The molecule has 8 N–H and O–H groups in total. The Labute approximate surface area is 168 Å². The molecule has 2 aromatic heterocycles. The highest BCUT2D eigenvalue weighted by Gasteiger charge is 2.41. The molecule has 3 heterocycles. The number of nitrogens with zero attached hydrogens (tertiary/aromatic N) is 3. The Hall–Kier alpha value is -1.25. The summed E-state index contributed by atoms with van der Waals surface area (Å²) in [6.07, 6.45) is -0.145. The first-order valence-corrected chi connectivity index (χ1v) is 12.7. The zero-order valence-electron chi connectivity index (χ0n) is 14.8. The second-order valence-corrected chi connectivity index (χ2v) is 10.9. The summed E-state index contributed by atoms with van der Waals surface area (Å²) in [7, 11) is -15.9. The van der Waals surface area contributed by atoms with Gasteiger partial charge in [-0.25, -0.2) is 23.7 Å². The fraction of sp³-hybridized carbons (Fsp3) is 0.455. The lowest BCUT2D eigenvalue weighted by Crippen LogP contribution is -2.27. The van der Waals surface area contributed by atoms with Crippen LogP contribution in [0, 0.1) is 0 Å². The summed E-state index contributed by atoms with van der Waals surface area (Å²) in [6.45, 7) is -0.712. The van der Waals surface area contributed by atoms with Gasteiger partial charge >= 0.3 is 23.3 Å². The number of hydrogen-bond acceptors (Lipinski definition) is 10. The predicted octanol–water partition coefficient (Wildman–Crippen LogP) is -0.422. The number of aliphatic hydroxyl groups excluding tert-OH is 1. The number of aliphatic hydroxyl groups is 1. The summed E-state index contributed by atoms with van der Waals surface area (Å²) >= 11 is 0. The Morgan fingerprint density at radius 1 is 1.23 bits per heavy atom. The van der Waals surface area contributed by atoms with Crippen molar-refractivity contribution in [2.45, 2.75) is 24.9 Å². The largest absolute Gasteiger partial charge is 0.477 e. The first-order chi connectivity index (χ1) is 13.8. The third-order valence-corrected chi connectivity index (χ3v) is 8.15. The number of fused-ring (bicyclic) bond motifs is 1. The zero-order valence-corrected chi connectivity index (χ0v) is 17.5. The van der Waals surface area contributed by atoms with Crippen molar-refractivity contribution < 1.29 is 51.9 Å². The van der Waals surface area contributed by atoms with Crippen molar-refractivity contribution in [2.75, 3.05) is 12.3 Å². The van der Waals surface area contributed by atoms with E-state index in [0.29, 0.717) is 16.9 Å². The van der Waals surface area contributed by atoms with Crippen LogP contribution in [0.4, 0.5) is 5.69 Å². The molecule has 0 radical (unpaired) electrons. The number of nitrogen functional groups attached to an aromatic ring is 1. The van der Waals surface area contributed by atoms with Crippen LogP contribution in [0.15, 0.2) is 18.6 Å². The lowest BCUT2D eigenvalue weighted by Gasteiger charge is -2.20. The quantitative estimate of drug-likeness (QED) is 0.233. The minimum atomic E-state index is -5.43. The molecule has 0 amide bonds. The fourth-order valence-electron chi connectivity index (χ4n) is 2.73. The number of rotatable bonds is 8. The zero-order chi connectivity index (χ0) is 22.3. The van der Waals surface area contributed by atoms with Crippen LogP contribution in [-0.2, 0) is 27.3 Å². The standard InChI is InChI=1S/C11H18N5O11P3/c12-6-1-2-13-11-10(6)14-5-16(11)9-3-7(17)8(26-9)4-25-28(18,19)15-29(20,21)27-30(22,23)24/h1-2,5,7-9,17H,3-4H2,(H2,12,13)(H2,22,23,24)(H3,15,18,19,20,21)/t7-,8+,9+/m0/s1. The van der Waals surface area contributed by atoms with Crippen molar-refractivity contribution in [3.63, 3.8) is 0 Å². The van der Waals surface area contributed by atoms with Crippen molar-refractivity contribution in [1.82, 2.24) is 19.4 Å². The van der Waals surface area contributed by atoms with E-state index in [2.05, 4.69) is 18.8 Å². The summed E-state index contributed by atoms with van der Waals surface area (Å²) < 4.78 is 49.2. The van der Waals surface area contributed by atoms with Gasteiger partial charge in [-0.1, -0.05) is 0 Å². The topological polar surface area (TPSA) is 249 Å². The van der Waals surface area contributed by atoms with E-state index in [9.17, 15) is 28.6 Å². The van der Waals surface area contributed by atoms with Gasteiger partial charge in [-0.3, -0.25) is 9.09 Å². The minimum Gasteiger partial charge on any atom is -0.397 e. The highest BCUT2D eigenvalue weighted by atomic mass is 31.3. The molecule has 5 atom stereocenters. The molecule has 0 bridgehead atoms. The Morgan fingerprint density at radius 2 is 1.93 bits per heavy atom. The number of nitrogens with one attached hydrogen (secondary N) is 1. The van der Waals surface area contributed by atoms with Gasteiger partial charge in [0.05, 0.1) is 24.7 Å². The number of hydrogen-bond donors (Lipinski definition) is 7. The van der Waals surface area contributed by atoms with Crippen LogP contribution in [0.1, 0.15) is 12.6 Å². The van der Waals surface area contributed by atoms with Gasteiger partial charge in [0.15, 0.2) is 5.65 Å². The van der Waals surface area contributed by atoms with Gasteiger partial charge in [-0.05, 0) is 6.07 Å². The molecule has 1 aliphatic rings. The van der Waals surface area contributed by atoms with Crippen molar-refractivity contribution in [3.8, 4) is 0 Å². The molecule has 0 spiro atoms. The van der Waals surface area contributed by atoms with Gasteiger partial charge in [-0.2, -0.15) is 4.31 Å². The smallest absolute Gasteiger partial charge is 0.397 e. The van der Waals surface area contributed by atoms with E-state index < -0.39 is 48.4 Å². The number of phosphoric acid groups is 1. The first-order valence-electron chi connectivity index (χ1n) is 8.03. The van der Waals surface area contributed by atoms with Crippen LogP contribution in [0.3, 0.4) is 0 Å². The summed E-state index contributed by atoms with van der Waals surface area (Å²) in [4.78, 5) is 45.3. The lowest BCUT2D eigenvalue weighted by molar-refractivity contribution is -0.0398. The van der Waals surface area contributed by atoms with Crippen molar-refractivity contribution >= 4 is 40.2 Å². The van der Waals surface area contributed by atoms with Crippen LogP contribution >= 0.6 is 23.3 Å². The summed E-state index contributed by atoms with van der Waals surface area (Å²) in [6, 6.07) is 1.56. The van der Waals surface area contributed by atoms with E-state index >= 15 is 0 Å². The van der Waals surface area contributed by atoms with Gasteiger partial charge in [0.2, 0.25) is 0 Å². The van der Waals surface area contributed by atoms with Crippen molar-refractivity contribution in [3.05, 3.63) is 18.6 Å². The maximum absolute atomic E-state index is 11.9. The normalized spacial score (nSPS) is 26.5. The highest BCUT2D eigenvalue weighted by Crippen LogP contribution is 2.60. The number of nitrogens with two attached hydrogens (primary N) is 1. The number of anilines is 1. The van der Waals surface area contributed by atoms with Crippen molar-refractivity contribution in [1.29, 1.82) is 0 Å². The van der Waals surface area contributed by atoms with E-state index in [1.165, 1.54) is 17.1 Å². The van der Waals surface area contributed by atoms with Crippen LogP contribution in [0.25, 0.3) is 11.2 Å². The number of ether oxygens (including phenoxy) is 1. The molecule has 16 nitrogen and oxygen atoms in total. The number of pyridine rings is 1. The first kappa shape index (κ1) is 23.4. The third kappa shape index (κ3) is 5.71. The van der Waals surface area contributed by atoms with Gasteiger partial charge in [0.1, 0.15) is 17.8 Å². The summed E-state index contributed by atoms with van der Waals surface area (Å²) in [5.41, 5.74) is 7.01. The van der Waals surface area contributed by atoms with Crippen LogP contribution < -0.4 is 10.6 Å². The van der Waals surface area contributed by atoms with Gasteiger partial charge in [0.25, 0.3) is 0 Å². The molecular weight excluding hydrogens is 471 g/mol. The molecule has 1 saturated heterocycles. The monoisotopic (exact) mass is 489 g/mol. The van der Waals surface area contributed by atoms with E-state index in [-0.39, 0.29) is 6.42 Å². The predicted molar refractivity (Wildman–Crippen MR) is 98.3 cm³/mol. The summed E-state index contributed by atoms with van der Waals surface area (Å²) in [5.74, 6) is 0. The third-order valence-electron chi connectivity index (χ3n) is 3.89. The molecule has 2 aromatic rings. The molecule has 3 rings (SSSR count). The molecule has 1 fully saturated rings. The molecule has 1 aliphatic heterocycles. The highest BCUT2D eigenvalue weighted by molar-refractivity contribution is 7.70. The molecule has 0 saturated carbocycles. The Balaban J connectivity index is 1.64. The van der Waals surface area contributed by atoms with Crippen molar-refractivity contribution in [2.24, 2.45) is 0 Å². The Bertz CT molecular complexity index is 1070. The minimum absolute atomic E-state index is 0.0406. The average molecular weight is 489 g/mol. The second kappa shape index (κ2) is 8.36. The van der Waals surface area contributed by atoms with E-state index in [1.807, 2.05) is 0 Å². The maximum Gasteiger partial charge on any atom is 0.477 e. The van der Waals surface area contributed by atoms with Gasteiger partial charge < -0.3 is 35.2 Å². The SMILES string of the molecule is Nc1ccnc2c1ncn2[C@H]1C[C@H](O)[C@@H](COP(=O)(O)NP(=O)(O)OP(=O)(O)O)O1.